The van der Waals surface area contributed by atoms with Gasteiger partial charge in [0, 0.05) is 6.07 Å². The van der Waals surface area contributed by atoms with Gasteiger partial charge in [-0.2, -0.15) is 4.98 Å². The van der Waals surface area contributed by atoms with Crippen molar-refractivity contribution in [2.75, 3.05) is 12.5 Å². The Hall–Kier alpha value is -2.05. The molecule has 6 nitrogen and oxygen atoms in total. The monoisotopic (exact) mass is 266 g/mol. The number of nitrogen functional groups attached to an aromatic ring is 1. The Morgan fingerprint density at radius 3 is 2.83 bits per heavy atom. The molecule has 2 aromatic rings. The summed E-state index contributed by atoms with van der Waals surface area (Å²) in [6.07, 6.45) is 1.40. The number of halogens is 1. The van der Waals surface area contributed by atoms with Crippen molar-refractivity contribution in [3.05, 3.63) is 35.5 Å². The highest BCUT2D eigenvalue weighted by Crippen LogP contribution is 2.29. The molecule has 0 aliphatic rings. The molecule has 18 heavy (non-hydrogen) atoms. The molecule has 0 aliphatic heterocycles. The van der Waals surface area contributed by atoms with Gasteiger partial charge in [-0.25, -0.2) is 10.8 Å². The zero-order valence-electron chi connectivity index (χ0n) is 9.55. The van der Waals surface area contributed by atoms with Crippen LogP contribution in [-0.2, 0) is 0 Å². The van der Waals surface area contributed by atoms with E-state index in [9.17, 15) is 0 Å². The molecule has 1 aromatic carbocycles. The van der Waals surface area contributed by atoms with Gasteiger partial charge in [0.1, 0.15) is 16.5 Å². The Labute approximate surface area is 109 Å². The quantitative estimate of drug-likeness (QED) is 0.652. The summed E-state index contributed by atoms with van der Waals surface area (Å²) in [7, 11) is 1.58. The molecule has 3 N–H and O–H groups in total. The van der Waals surface area contributed by atoms with Gasteiger partial charge in [-0.15, -0.1) is 0 Å². The predicted octanol–water partition coefficient (Wildman–Crippen LogP) is 2.22. The Bertz CT molecular complexity index is 550. The highest BCUT2D eigenvalue weighted by atomic mass is 35.5. The summed E-state index contributed by atoms with van der Waals surface area (Å²) in [5.41, 5.74) is 2.32. The SMILES string of the molecule is COc1cccc(Oc2nc(NN)ncc2Cl)c1. The molecule has 0 spiro atoms. The van der Waals surface area contributed by atoms with Gasteiger partial charge in [-0.3, -0.25) is 5.43 Å². The number of hydrogen-bond acceptors (Lipinski definition) is 6. The molecular weight excluding hydrogens is 256 g/mol. The van der Waals surface area contributed by atoms with Crippen LogP contribution in [-0.4, -0.2) is 17.1 Å². The number of ether oxygens (including phenoxy) is 2. The number of nitrogens with two attached hydrogens (primary N) is 1. The number of benzene rings is 1. The van der Waals surface area contributed by atoms with Crippen LogP contribution < -0.4 is 20.7 Å². The molecule has 94 valence electrons. The number of rotatable bonds is 4. The van der Waals surface area contributed by atoms with Crippen LogP contribution in [0.15, 0.2) is 30.5 Å². The van der Waals surface area contributed by atoms with Gasteiger partial charge in [-0.1, -0.05) is 17.7 Å². The van der Waals surface area contributed by atoms with Crippen LogP contribution in [0.3, 0.4) is 0 Å². The van der Waals surface area contributed by atoms with Gasteiger partial charge in [0.25, 0.3) is 0 Å². The standard InChI is InChI=1S/C11H11ClN4O2/c1-17-7-3-2-4-8(5-7)18-10-9(12)6-14-11(15-10)16-13/h2-6H,13H2,1H3,(H,14,15,16). The second kappa shape index (κ2) is 5.52. The average Bonchev–Trinajstić information content (AvgIpc) is 2.41. The molecule has 0 atom stereocenters. The number of methoxy groups -OCH3 is 1. The van der Waals surface area contributed by atoms with E-state index in [4.69, 9.17) is 26.9 Å². The van der Waals surface area contributed by atoms with Crippen LogP contribution in [0.2, 0.25) is 5.02 Å². The van der Waals surface area contributed by atoms with E-state index >= 15 is 0 Å². The molecule has 0 amide bonds. The third kappa shape index (κ3) is 2.79. The van der Waals surface area contributed by atoms with Gasteiger partial charge < -0.3 is 9.47 Å². The number of hydrogen-bond donors (Lipinski definition) is 2. The lowest BCUT2D eigenvalue weighted by molar-refractivity contribution is 0.407. The molecule has 0 saturated heterocycles. The summed E-state index contributed by atoms with van der Waals surface area (Å²) in [4.78, 5) is 7.85. The molecule has 0 unspecified atom stereocenters. The summed E-state index contributed by atoms with van der Waals surface area (Å²) in [5, 5.41) is 0.289. The van der Waals surface area contributed by atoms with Crippen molar-refractivity contribution < 1.29 is 9.47 Å². The Morgan fingerprint density at radius 1 is 1.33 bits per heavy atom. The van der Waals surface area contributed by atoms with E-state index in [1.165, 1.54) is 6.20 Å². The zero-order valence-corrected chi connectivity index (χ0v) is 10.3. The fraction of sp³-hybridized carbons (Fsp3) is 0.0909. The summed E-state index contributed by atoms with van der Waals surface area (Å²) in [6, 6.07) is 7.08. The molecule has 0 radical (unpaired) electrons. The van der Waals surface area contributed by atoms with Crippen LogP contribution in [0.5, 0.6) is 17.4 Å². The van der Waals surface area contributed by atoms with Crippen LogP contribution in [0, 0.1) is 0 Å². The second-order valence-electron chi connectivity index (χ2n) is 3.27. The minimum Gasteiger partial charge on any atom is -0.497 e. The number of anilines is 1. The van der Waals surface area contributed by atoms with Gasteiger partial charge in [0.15, 0.2) is 0 Å². The minimum atomic E-state index is 0.216. The number of nitrogens with one attached hydrogen (secondary N) is 1. The zero-order chi connectivity index (χ0) is 13.0. The second-order valence-corrected chi connectivity index (χ2v) is 3.68. The van der Waals surface area contributed by atoms with Crippen LogP contribution in [0.4, 0.5) is 5.95 Å². The van der Waals surface area contributed by atoms with Crippen LogP contribution in [0.25, 0.3) is 0 Å². The average molecular weight is 267 g/mol. The first-order valence-corrected chi connectivity index (χ1v) is 5.42. The Morgan fingerprint density at radius 2 is 2.11 bits per heavy atom. The molecule has 0 fully saturated rings. The molecule has 1 aromatic heterocycles. The Kier molecular flexibility index (Phi) is 3.81. The van der Waals surface area contributed by atoms with E-state index in [1.54, 1.807) is 31.4 Å². The van der Waals surface area contributed by atoms with Crippen molar-refractivity contribution in [1.29, 1.82) is 0 Å². The predicted molar refractivity (Wildman–Crippen MR) is 67.9 cm³/mol. The number of aromatic nitrogens is 2. The first kappa shape index (κ1) is 12.4. The van der Waals surface area contributed by atoms with E-state index in [0.29, 0.717) is 11.5 Å². The Balaban J connectivity index is 2.27. The van der Waals surface area contributed by atoms with Gasteiger partial charge >= 0.3 is 0 Å². The molecular formula is C11H11ClN4O2. The highest BCUT2D eigenvalue weighted by Gasteiger charge is 2.08. The molecule has 7 heteroatoms. The van der Waals surface area contributed by atoms with Crippen molar-refractivity contribution in [3.8, 4) is 17.4 Å². The van der Waals surface area contributed by atoms with Crippen molar-refractivity contribution in [3.63, 3.8) is 0 Å². The lowest BCUT2D eigenvalue weighted by Crippen LogP contribution is -2.10. The lowest BCUT2D eigenvalue weighted by atomic mass is 10.3. The van der Waals surface area contributed by atoms with E-state index in [0.717, 1.165) is 0 Å². The maximum Gasteiger partial charge on any atom is 0.243 e. The van der Waals surface area contributed by atoms with Gasteiger partial charge in [0.2, 0.25) is 11.8 Å². The minimum absolute atomic E-state index is 0.216. The lowest BCUT2D eigenvalue weighted by Gasteiger charge is -2.08. The third-order valence-electron chi connectivity index (χ3n) is 2.10. The summed E-state index contributed by atoms with van der Waals surface area (Å²) in [5.74, 6) is 6.88. The van der Waals surface area contributed by atoms with Crippen molar-refractivity contribution in [2.45, 2.75) is 0 Å². The molecule has 1 heterocycles. The molecule has 0 bridgehead atoms. The largest absolute Gasteiger partial charge is 0.497 e. The van der Waals surface area contributed by atoms with Gasteiger partial charge in [0.05, 0.1) is 13.3 Å². The topological polar surface area (TPSA) is 82.3 Å². The van der Waals surface area contributed by atoms with E-state index in [1.807, 2.05) is 0 Å². The van der Waals surface area contributed by atoms with Crippen LogP contribution >= 0.6 is 11.6 Å². The number of nitrogens with zero attached hydrogens (tertiary/aromatic N) is 2. The fourth-order valence-electron chi connectivity index (χ4n) is 1.27. The van der Waals surface area contributed by atoms with Gasteiger partial charge in [-0.05, 0) is 12.1 Å². The maximum absolute atomic E-state index is 5.93. The first-order valence-electron chi connectivity index (χ1n) is 5.04. The van der Waals surface area contributed by atoms with Crippen molar-refractivity contribution >= 4 is 17.5 Å². The maximum atomic E-state index is 5.93. The number of hydrazine groups is 1. The van der Waals surface area contributed by atoms with E-state index < -0.39 is 0 Å². The van der Waals surface area contributed by atoms with Crippen LogP contribution in [0.1, 0.15) is 0 Å². The summed E-state index contributed by atoms with van der Waals surface area (Å²) in [6.45, 7) is 0. The first-order chi connectivity index (χ1) is 8.72. The molecule has 2 rings (SSSR count). The van der Waals surface area contributed by atoms with E-state index in [2.05, 4.69) is 15.4 Å². The summed E-state index contributed by atoms with van der Waals surface area (Å²) >= 11 is 5.93. The smallest absolute Gasteiger partial charge is 0.243 e. The summed E-state index contributed by atoms with van der Waals surface area (Å²) < 4.78 is 10.6. The normalized spacial score (nSPS) is 9.94. The highest BCUT2D eigenvalue weighted by molar-refractivity contribution is 6.31. The third-order valence-corrected chi connectivity index (χ3v) is 2.36. The fourth-order valence-corrected chi connectivity index (χ4v) is 1.40. The molecule has 0 saturated carbocycles. The molecule has 0 aliphatic carbocycles. The van der Waals surface area contributed by atoms with Crippen molar-refractivity contribution in [1.82, 2.24) is 9.97 Å². The van der Waals surface area contributed by atoms with Crippen molar-refractivity contribution in [2.24, 2.45) is 5.84 Å². The van der Waals surface area contributed by atoms with E-state index in [-0.39, 0.29) is 16.9 Å².